The van der Waals surface area contributed by atoms with E-state index in [2.05, 4.69) is 10.3 Å². The number of imide groups is 1. The van der Waals surface area contributed by atoms with Gasteiger partial charge in [0.15, 0.2) is 5.58 Å². The normalized spacial score (nSPS) is 13.6. The zero-order valence-corrected chi connectivity index (χ0v) is 20.7. The Labute approximate surface area is 222 Å². The number of carbonyl (C=O) groups is 3. The summed E-state index contributed by atoms with van der Waals surface area (Å²) in [5.41, 5.74) is 3.51. The summed E-state index contributed by atoms with van der Waals surface area (Å²) >= 11 is 6.10. The predicted octanol–water partition coefficient (Wildman–Crippen LogP) is 5.99. The van der Waals surface area contributed by atoms with E-state index in [0.717, 1.165) is 10.5 Å². The molecule has 1 aliphatic rings. The molecule has 5 aromatic rings. The number of rotatable bonds is 6. The summed E-state index contributed by atoms with van der Waals surface area (Å²) in [7, 11) is 0. The molecular weight excluding hydrogens is 502 g/mol. The second-order valence-corrected chi connectivity index (χ2v) is 9.33. The first kappa shape index (κ1) is 23.6. The van der Waals surface area contributed by atoms with E-state index in [4.69, 9.17) is 16.0 Å². The maximum Gasteiger partial charge on any atom is 0.262 e. The highest BCUT2D eigenvalue weighted by Gasteiger charge is 2.42. The van der Waals surface area contributed by atoms with Crippen LogP contribution in [0.25, 0.3) is 22.6 Å². The third-order valence-electron chi connectivity index (χ3n) is 6.48. The minimum absolute atomic E-state index is 0.154. The number of halogens is 1. The van der Waals surface area contributed by atoms with Crippen LogP contribution in [0.3, 0.4) is 0 Å². The molecule has 0 bridgehead atoms. The fraction of sp³-hybridized carbons (Fsp3) is 0.0667. The number of amides is 3. The van der Waals surface area contributed by atoms with Crippen molar-refractivity contribution in [2.24, 2.45) is 0 Å². The number of hydrogen-bond donors (Lipinski definition) is 1. The van der Waals surface area contributed by atoms with E-state index in [1.165, 1.54) is 0 Å². The fourth-order valence-corrected chi connectivity index (χ4v) is 4.81. The highest BCUT2D eigenvalue weighted by atomic mass is 35.5. The van der Waals surface area contributed by atoms with Crippen LogP contribution in [-0.4, -0.2) is 33.6 Å². The maximum absolute atomic E-state index is 13.8. The zero-order chi connectivity index (χ0) is 26.2. The molecule has 0 aliphatic carbocycles. The third-order valence-corrected chi connectivity index (χ3v) is 6.71. The number of nitrogens with one attached hydrogen (secondary N) is 1. The van der Waals surface area contributed by atoms with Gasteiger partial charge in [-0.15, -0.1) is 0 Å². The smallest absolute Gasteiger partial charge is 0.262 e. The highest BCUT2D eigenvalue weighted by Crippen LogP contribution is 2.32. The zero-order valence-electron chi connectivity index (χ0n) is 19.9. The molecule has 7 nitrogen and oxygen atoms in total. The van der Waals surface area contributed by atoms with Crippen LogP contribution in [0.1, 0.15) is 26.3 Å². The Bertz CT molecular complexity index is 1680. The molecule has 1 aliphatic heterocycles. The standard InChI is InChI=1S/C30H20ClN3O4/c31-19-14-15-26-24(17-19)33-28(38-26)22-12-6-7-13-23(22)32-27(35)25(16-18-8-2-1-3-9-18)34-29(36)20-10-4-5-11-21(20)30(34)37/h1-15,17,25H,16H2,(H,32,35). The first-order valence-corrected chi connectivity index (χ1v) is 12.3. The van der Waals surface area contributed by atoms with Crippen molar-refractivity contribution in [3.8, 4) is 11.5 Å². The first-order chi connectivity index (χ1) is 18.5. The van der Waals surface area contributed by atoms with Crippen LogP contribution < -0.4 is 5.32 Å². The lowest BCUT2D eigenvalue weighted by atomic mass is 10.0. The van der Waals surface area contributed by atoms with Crippen molar-refractivity contribution < 1.29 is 18.8 Å². The number of carbonyl (C=O) groups excluding carboxylic acids is 3. The van der Waals surface area contributed by atoms with Crippen LogP contribution in [0.2, 0.25) is 5.02 Å². The quantitative estimate of drug-likeness (QED) is 0.277. The summed E-state index contributed by atoms with van der Waals surface area (Å²) in [5.74, 6) is -1.19. The van der Waals surface area contributed by atoms with Crippen LogP contribution in [0.4, 0.5) is 5.69 Å². The Morgan fingerprint density at radius 3 is 2.18 bits per heavy atom. The van der Waals surface area contributed by atoms with E-state index in [0.29, 0.717) is 33.3 Å². The molecule has 8 heteroatoms. The third kappa shape index (κ3) is 4.23. The second-order valence-electron chi connectivity index (χ2n) is 8.90. The summed E-state index contributed by atoms with van der Waals surface area (Å²) in [5, 5.41) is 3.45. The van der Waals surface area contributed by atoms with Gasteiger partial charge in [0.05, 0.1) is 22.4 Å². The fourth-order valence-electron chi connectivity index (χ4n) is 4.64. The molecule has 1 N–H and O–H groups in total. The van der Waals surface area contributed by atoms with Gasteiger partial charge in [-0.2, -0.15) is 0 Å². The molecule has 0 fully saturated rings. The summed E-state index contributed by atoms with van der Waals surface area (Å²) in [4.78, 5) is 46.0. The topological polar surface area (TPSA) is 92.5 Å². The number of oxazole rings is 1. The average Bonchev–Trinajstić information content (AvgIpc) is 3.46. The van der Waals surface area contributed by atoms with Crippen LogP contribution >= 0.6 is 11.6 Å². The number of hydrogen-bond acceptors (Lipinski definition) is 5. The number of aromatic nitrogens is 1. The summed E-state index contributed by atoms with van der Waals surface area (Å²) in [6, 6.07) is 27.0. The van der Waals surface area contributed by atoms with Gasteiger partial charge in [0, 0.05) is 11.4 Å². The minimum atomic E-state index is -1.08. The Kier molecular flexibility index (Phi) is 5.98. The molecule has 6 rings (SSSR count). The summed E-state index contributed by atoms with van der Waals surface area (Å²) < 4.78 is 5.92. The largest absolute Gasteiger partial charge is 0.436 e. The van der Waals surface area contributed by atoms with Crippen LogP contribution in [0, 0.1) is 0 Å². The molecule has 1 atom stereocenters. The van der Waals surface area contributed by atoms with Gasteiger partial charge in [-0.25, -0.2) is 4.98 Å². The van der Waals surface area contributed by atoms with Crippen molar-refractivity contribution in [1.29, 1.82) is 0 Å². The Hall–Kier alpha value is -4.75. The van der Waals surface area contributed by atoms with Gasteiger partial charge in [0.1, 0.15) is 11.6 Å². The predicted molar refractivity (Wildman–Crippen MR) is 144 cm³/mol. The highest BCUT2D eigenvalue weighted by molar-refractivity contribution is 6.31. The molecule has 3 amide bonds. The Morgan fingerprint density at radius 1 is 0.842 bits per heavy atom. The number of para-hydroxylation sites is 1. The van der Waals surface area contributed by atoms with Gasteiger partial charge in [-0.1, -0.05) is 66.2 Å². The van der Waals surface area contributed by atoms with Gasteiger partial charge in [0.2, 0.25) is 11.8 Å². The van der Waals surface area contributed by atoms with E-state index in [1.54, 1.807) is 66.7 Å². The average molecular weight is 522 g/mol. The van der Waals surface area contributed by atoms with E-state index in [9.17, 15) is 14.4 Å². The molecular formula is C30H20ClN3O4. The molecule has 186 valence electrons. The SMILES string of the molecule is O=C(Nc1ccccc1-c1nc2cc(Cl)ccc2o1)C(Cc1ccccc1)N1C(=O)c2ccccc2C1=O. The van der Waals surface area contributed by atoms with E-state index >= 15 is 0 Å². The molecule has 0 spiro atoms. The van der Waals surface area contributed by atoms with E-state index in [-0.39, 0.29) is 17.5 Å². The number of anilines is 1. The van der Waals surface area contributed by atoms with Crippen molar-refractivity contribution in [3.63, 3.8) is 0 Å². The van der Waals surface area contributed by atoms with Gasteiger partial charge in [-0.05, 0) is 48.0 Å². The van der Waals surface area contributed by atoms with Crippen molar-refractivity contribution in [2.75, 3.05) is 5.32 Å². The van der Waals surface area contributed by atoms with Crippen LogP contribution in [-0.2, 0) is 11.2 Å². The van der Waals surface area contributed by atoms with E-state index in [1.807, 2.05) is 30.3 Å². The van der Waals surface area contributed by atoms with Crippen LogP contribution in [0.15, 0.2) is 101 Å². The summed E-state index contributed by atoms with van der Waals surface area (Å²) in [6.45, 7) is 0. The van der Waals surface area contributed by atoms with Gasteiger partial charge >= 0.3 is 0 Å². The Balaban J connectivity index is 1.36. The number of fused-ring (bicyclic) bond motifs is 2. The minimum Gasteiger partial charge on any atom is -0.436 e. The van der Waals surface area contributed by atoms with Gasteiger partial charge < -0.3 is 9.73 Å². The lowest BCUT2D eigenvalue weighted by Crippen LogP contribution is -2.48. The lowest BCUT2D eigenvalue weighted by molar-refractivity contribution is -0.119. The molecule has 1 aromatic heterocycles. The van der Waals surface area contributed by atoms with Gasteiger partial charge in [-0.3, -0.25) is 19.3 Å². The van der Waals surface area contributed by atoms with Crippen molar-refractivity contribution in [3.05, 3.63) is 119 Å². The molecule has 0 radical (unpaired) electrons. The molecule has 0 saturated carbocycles. The molecule has 2 heterocycles. The van der Waals surface area contributed by atoms with Crippen molar-refractivity contribution in [2.45, 2.75) is 12.5 Å². The molecule has 38 heavy (non-hydrogen) atoms. The number of nitrogens with zero attached hydrogens (tertiary/aromatic N) is 2. The van der Waals surface area contributed by atoms with Crippen LogP contribution in [0.5, 0.6) is 0 Å². The lowest BCUT2D eigenvalue weighted by Gasteiger charge is -2.26. The summed E-state index contributed by atoms with van der Waals surface area (Å²) in [6.07, 6.45) is 0.154. The maximum atomic E-state index is 13.8. The molecule has 4 aromatic carbocycles. The van der Waals surface area contributed by atoms with Crippen molar-refractivity contribution >= 4 is 46.1 Å². The first-order valence-electron chi connectivity index (χ1n) is 12.0. The number of benzene rings is 4. The Morgan fingerprint density at radius 2 is 1.47 bits per heavy atom. The van der Waals surface area contributed by atoms with Crippen molar-refractivity contribution in [1.82, 2.24) is 9.88 Å². The molecule has 0 saturated heterocycles. The van der Waals surface area contributed by atoms with E-state index < -0.39 is 23.8 Å². The second kappa shape index (κ2) is 9.61. The van der Waals surface area contributed by atoms with Gasteiger partial charge in [0.25, 0.3) is 11.8 Å². The molecule has 1 unspecified atom stereocenters. The monoisotopic (exact) mass is 521 g/mol.